The van der Waals surface area contributed by atoms with Gasteiger partial charge in [0.05, 0.1) is 19.0 Å². The first-order valence-electron chi connectivity index (χ1n) is 12.8. The molecule has 204 valence electrons. The summed E-state index contributed by atoms with van der Waals surface area (Å²) in [6, 6.07) is 19.5. The van der Waals surface area contributed by atoms with Crippen molar-refractivity contribution in [2.45, 2.75) is 27.4 Å². The van der Waals surface area contributed by atoms with Crippen molar-refractivity contribution in [2.75, 3.05) is 26.9 Å². The quantitative estimate of drug-likeness (QED) is 0.267. The normalized spacial score (nSPS) is 16.1. The van der Waals surface area contributed by atoms with Crippen LogP contribution in [0.25, 0.3) is 11.1 Å². The van der Waals surface area contributed by atoms with E-state index >= 15 is 0 Å². The summed E-state index contributed by atoms with van der Waals surface area (Å²) in [6.45, 7) is 8.32. The van der Waals surface area contributed by atoms with Gasteiger partial charge in [-0.1, -0.05) is 30.3 Å². The number of nitrogens with zero attached hydrogens (tertiary/aromatic N) is 1. The van der Waals surface area contributed by atoms with Crippen molar-refractivity contribution in [2.24, 2.45) is 0 Å². The van der Waals surface area contributed by atoms with E-state index in [-0.39, 0.29) is 11.9 Å². The standard InChI is InChI=1S/C30H34BNO7/c1-5-35-13-14-36-27-15-21(2)30(22(3)16-27)24-8-6-7-23(17-24)20-37-26-11-9-25(10-12-26)31-38-28(33)18-32(4)19-29(34)39-31/h6-12,15-19,33-34H,5,13-14,20H2,1-4H3/b28-18-,29-19-. The number of ether oxygens (including phenoxy) is 3. The Balaban J connectivity index is 1.40. The Morgan fingerprint density at radius 3 is 2.13 bits per heavy atom. The minimum atomic E-state index is -1.01. The number of aliphatic hydroxyl groups is 2. The van der Waals surface area contributed by atoms with E-state index in [2.05, 4.69) is 38.1 Å². The smallest absolute Gasteiger partial charge is 0.494 e. The summed E-state index contributed by atoms with van der Waals surface area (Å²) in [6.07, 6.45) is 2.65. The number of hydrogen-bond donors (Lipinski definition) is 2. The van der Waals surface area contributed by atoms with Gasteiger partial charge in [-0.25, -0.2) is 0 Å². The molecule has 0 saturated carbocycles. The second kappa shape index (κ2) is 13.0. The van der Waals surface area contributed by atoms with Crippen molar-refractivity contribution < 1.29 is 33.7 Å². The minimum absolute atomic E-state index is 0.333. The Hall–Kier alpha value is -4.24. The zero-order valence-electron chi connectivity index (χ0n) is 22.7. The fraction of sp³-hybridized carbons (Fsp3) is 0.267. The Morgan fingerprint density at radius 1 is 0.821 bits per heavy atom. The van der Waals surface area contributed by atoms with Crippen LogP contribution in [0.1, 0.15) is 23.6 Å². The molecule has 0 aromatic heterocycles. The lowest BCUT2D eigenvalue weighted by molar-refractivity contribution is 0.110. The first kappa shape index (κ1) is 27.8. The van der Waals surface area contributed by atoms with Crippen LogP contribution in [0.3, 0.4) is 0 Å². The van der Waals surface area contributed by atoms with Crippen LogP contribution in [0, 0.1) is 13.8 Å². The maximum absolute atomic E-state index is 9.94. The van der Waals surface area contributed by atoms with E-state index in [9.17, 15) is 10.2 Å². The number of benzene rings is 3. The Bertz CT molecular complexity index is 1280. The van der Waals surface area contributed by atoms with Crippen molar-refractivity contribution in [1.82, 2.24) is 4.90 Å². The van der Waals surface area contributed by atoms with E-state index in [4.69, 9.17) is 23.5 Å². The van der Waals surface area contributed by atoms with Gasteiger partial charge in [0.2, 0.25) is 0 Å². The molecule has 0 bridgehead atoms. The van der Waals surface area contributed by atoms with Crippen LogP contribution in [0.5, 0.6) is 11.5 Å². The molecule has 39 heavy (non-hydrogen) atoms. The molecule has 0 radical (unpaired) electrons. The first-order chi connectivity index (χ1) is 18.8. The van der Waals surface area contributed by atoms with Crippen molar-refractivity contribution in [1.29, 1.82) is 0 Å². The predicted octanol–water partition coefficient (Wildman–Crippen LogP) is 5.35. The van der Waals surface area contributed by atoms with Gasteiger partial charge in [-0.3, -0.25) is 0 Å². The van der Waals surface area contributed by atoms with E-state index in [1.54, 1.807) is 31.3 Å². The molecule has 0 aliphatic carbocycles. The molecule has 0 atom stereocenters. The van der Waals surface area contributed by atoms with Gasteiger partial charge in [0.25, 0.3) is 11.9 Å². The summed E-state index contributed by atoms with van der Waals surface area (Å²) in [7, 11) is 0.616. The molecular formula is C30H34BNO7. The van der Waals surface area contributed by atoms with Crippen LogP contribution in [-0.2, 0) is 20.7 Å². The van der Waals surface area contributed by atoms with Gasteiger partial charge in [-0.2, -0.15) is 0 Å². The zero-order chi connectivity index (χ0) is 27.8. The maximum atomic E-state index is 9.94. The molecule has 0 amide bonds. The number of aryl methyl sites for hydroxylation is 2. The molecule has 4 rings (SSSR count). The van der Waals surface area contributed by atoms with Crippen LogP contribution in [0.2, 0.25) is 0 Å². The monoisotopic (exact) mass is 531 g/mol. The Kier molecular flexibility index (Phi) is 9.28. The Morgan fingerprint density at radius 2 is 1.49 bits per heavy atom. The van der Waals surface area contributed by atoms with Gasteiger partial charge >= 0.3 is 7.12 Å². The van der Waals surface area contributed by atoms with Gasteiger partial charge < -0.3 is 38.6 Å². The van der Waals surface area contributed by atoms with Gasteiger partial charge in [0.1, 0.15) is 24.7 Å². The summed E-state index contributed by atoms with van der Waals surface area (Å²) < 4.78 is 28.0. The van der Waals surface area contributed by atoms with E-state index in [0.717, 1.165) is 28.0 Å². The Labute approximate surface area is 229 Å². The molecule has 0 spiro atoms. The van der Waals surface area contributed by atoms with Gasteiger partial charge in [0, 0.05) is 19.1 Å². The summed E-state index contributed by atoms with van der Waals surface area (Å²) in [5.41, 5.74) is 6.22. The van der Waals surface area contributed by atoms with Crippen molar-refractivity contribution >= 4 is 12.6 Å². The van der Waals surface area contributed by atoms with Gasteiger partial charge in [0.15, 0.2) is 0 Å². The largest absolute Gasteiger partial charge is 0.636 e. The number of aliphatic hydroxyl groups excluding tert-OH is 2. The second-order valence-electron chi connectivity index (χ2n) is 9.20. The molecule has 1 aliphatic heterocycles. The molecule has 3 aromatic rings. The maximum Gasteiger partial charge on any atom is 0.636 e. The average molecular weight is 531 g/mol. The highest BCUT2D eigenvalue weighted by Crippen LogP contribution is 2.31. The molecule has 0 saturated heterocycles. The van der Waals surface area contributed by atoms with Gasteiger partial charge in [-0.15, -0.1) is 0 Å². The summed E-state index contributed by atoms with van der Waals surface area (Å²) in [4.78, 5) is 1.42. The lowest BCUT2D eigenvalue weighted by atomic mass is 9.79. The fourth-order valence-corrected chi connectivity index (χ4v) is 4.36. The fourth-order valence-electron chi connectivity index (χ4n) is 4.36. The van der Waals surface area contributed by atoms with Crippen molar-refractivity contribution in [3.05, 3.63) is 102 Å². The molecule has 1 heterocycles. The minimum Gasteiger partial charge on any atom is -0.494 e. The topological polar surface area (TPSA) is 89.9 Å². The molecule has 1 aliphatic rings. The number of hydrogen-bond acceptors (Lipinski definition) is 8. The highest BCUT2D eigenvalue weighted by atomic mass is 16.7. The van der Waals surface area contributed by atoms with E-state index in [1.165, 1.54) is 22.9 Å². The SMILES string of the molecule is CCOCCOc1cc(C)c(-c2cccc(COc3ccc(B4O/C(O)=C\N(C)/C=C(/O)O4)cc3)c2)c(C)c1. The van der Waals surface area contributed by atoms with Crippen molar-refractivity contribution in [3.8, 4) is 22.6 Å². The molecule has 2 N–H and O–H groups in total. The summed E-state index contributed by atoms with van der Waals surface area (Å²) >= 11 is 0. The predicted molar refractivity (Wildman–Crippen MR) is 151 cm³/mol. The average Bonchev–Trinajstić information content (AvgIpc) is 2.89. The van der Waals surface area contributed by atoms with Crippen LogP contribution >= 0.6 is 0 Å². The van der Waals surface area contributed by atoms with Crippen LogP contribution in [0.15, 0.2) is 85.0 Å². The molecule has 0 unspecified atom stereocenters. The third kappa shape index (κ3) is 7.64. The third-order valence-electron chi connectivity index (χ3n) is 6.06. The van der Waals surface area contributed by atoms with Crippen LogP contribution in [-0.4, -0.2) is 49.1 Å². The lowest BCUT2D eigenvalue weighted by Crippen LogP contribution is -2.37. The first-order valence-corrected chi connectivity index (χ1v) is 12.8. The summed E-state index contributed by atoms with van der Waals surface area (Å²) in [5, 5.41) is 19.9. The van der Waals surface area contributed by atoms with Crippen LogP contribution in [0.4, 0.5) is 0 Å². The third-order valence-corrected chi connectivity index (χ3v) is 6.06. The van der Waals surface area contributed by atoms with E-state index < -0.39 is 7.12 Å². The molecule has 8 nitrogen and oxygen atoms in total. The molecule has 9 heteroatoms. The van der Waals surface area contributed by atoms with E-state index in [0.29, 0.717) is 37.6 Å². The zero-order valence-corrected chi connectivity index (χ0v) is 22.7. The molecule has 0 fully saturated rings. The summed E-state index contributed by atoms with van der Waals surface area (Å²) in [5.74, 6) is 0.841. The molecule has 3 aromatic carbocycles. The highest BCUT2D eigenvalue weighted by molar-refractivity contribution is 6.61. The van der Waals surface area contributed by atoms with Gasteiger partial charge in [-0.05, 0) is 78.9 Å². The lowest BCUT2D eigenvalue weighted by Gasteiger charge is -2.20. The van der Waals surface area contributed by atoms with Crippen molar-refractivity contribution in [3.63, 3.8) is 0 Å². The second-order valence-corrected chi connectivity index (χ2v) is 9.20. The van der Waals surface area contributed by atoms with Crippen LogP contribution < -0.4 is 14.9 Å². The van der Waals surface area contributed by atoms with E-state index in [1.807, 2.05) is 19.1 Å². The number of rotatable bonds is 10. The highest BCUT2D eigenvalue weighted by Gasteiger charge is 2.29. The molecular weight excluding hydrogens is 497 g/mol.